The zero-order valence-electron chi connectivity index (χ0n) is 17.4. The number of thiophene rings is 1. The molecule has 0 aliphatic heterocycles. The molecule has 0 amide bonds. The summed E-state index contributed by atoms with van der Waals surface area (Å²) in [5, 5.41) is 13.7. The van der Waals surface area contributed by atoms with Gasteiger partial charge in [0.05, 0.1) is 30.0 Å². The first kappa shape index (κ1) is 23.0. The smallest absolute Gasteiger partial charge is 0.434 e. The number of hydrogen-bond donors (Lipinski definition) is 1. The Morgan fingerprint density at radius 3 is 2.61 bits per heavy atom. The highest BCUT2D eigenvalue weighted by Crippen LogP contribution is 2.40. The molecule has 1 N–H and O–H groups in total. The van der Waals surface area contributed by atoms with Gasteiger partial charge >= 0.3 is 12.1 Å². The standard InChI is InChI=1S/C21H22F3N3O3S/c1-5-30-20(29)13-9-25-27(19(13)21(22,23)24)16-8-6-7-15(26-16)18-14(10-28)17(11(2)3)12(4)31-18/h6-9,11,28H,5,10H2,1-4H3. The summed E-state index contributed by atoms with van der Waals surface area (Å²) in [6.45, 7) is 7.20. The van der Waals surface area contributed by atoms with Gasteiger partial charge in [0.1, 0.15) is 5.56 Å². The highest BCUT2D eigenvalue weighted by atomic mass is 32.1. The zero-order chi connectivity index (χ0) is 22.9. The van der Waals surface area contributed by atoms with E-state index < -0.39 is 23.4 Å². The Balaban J connectivity index is 2.16. The van der Waals surface area contributed by atoms with Gasteiger partial charge in [-0.3, -0.25) is 0 Å². The molecule has 6 nitrogen and oxygen atoms in total. The number of carbonyl (C=O) groups excluding carboxylic acids is 1. The number of ether oxygens (including phenoxy) is 1. The van der Waals surface area contributed by atoms with Gasteiger partial charge in [0.15, 0.2) is 11.5 Å². The van der Waals surface area contributed by atoms with E-state index in [1.54, 1.807) is 12.1 Å². The van der Waals surface area contributed by atoms with Crippen molar-refractivity contribution in [3.63, 3.8) is 0 Å². The molecule has 0 spiro atoms. The van der Waals surface area contributed by atoms with Crippen LogP contribution in [0.15, 0.2) is 24.4 Å². The topological polar surface area (TPSA) is 77.2 Å². The van der Waals surface area contributed by atoms with Gasteiger partial charge in [-0.15, -0.1) is 11.3 Å². The number of esters is 1. The number of halogens is 3. The number of aryl methyl sites for hydroxylation is 1. The van der Waals surface area contributed by atoms with Crippen LogP contribution >= 0.6 is 11.3 Å². The number of hydrogen-bond acceptors (Lipinski definition) is 6. The van der Waals surface area contributed by atoms with Crippen LogP contribution in [0.2, 0.25) is 0 Å². The van der Waals surface area contributed by atoms with E-state index >= 15 is 0 Å². The van der Waals surface area contributed by atoms with E-state index in [9.17, 15) is 23.1 Å². The molecular weight excluding hydrogens is 431 g/mol. The molecule has 3 heterocycles. The van der Waals surface area contributed by atoms with E-state index in [0.717, 1.165) is 16.6 Å². The minimum Gasteiger partial charge on any atom is -0.462 e. The highest BCUT2D eigenvalue weighted by Gasteiger charge is 2.41. The van der Waals surface area contributed by atoms with Gasteiger partial charge in [0, 0.05) is 10.4 Å². The number of pyridine rings is 1. The van der Waals surface area contributed by atoms with Crippen LogP contribution in [-0.4, -0.2) is 32.4 Å². The molecule has 0 unspecified atom stereocenters. The van der Waals surface area contributed by atoms with Gasteiger partial charge in [-0.1, -0.05) is 19.9 Å². The predicted octanol–water partition coefficient (Wildman–Crippen LogP) is 5.12. The van der Waals surface area contributed by atoms with Gasteiger partial charge in [-0.2, -0.15) is 18.3 Å². The third kappa shape index (κ3) is 4.35. The van der Waals surface area contributed by atoms with Crippen molar-refractivity contribution in [3.05, 3.63) is 51.7 Å². The van der Waals surface area contributed by atoms with Crippen molar-refractivity contribution in [2.24, 2.45) is 0 Å². The Kier molecular flexibility index (Phi) is 6.51. The summed E-state index contributed by atoms with van der Waals surface area (Å²) in [5.41, 5.74) is 0.220. The van der Waals surface area contributed by atoms with Crippen LogP contribution in [0.25, 0.3) is 16.4 Å². The van der Waals surface area contributed by atoms with Crippen LogP contribution in [0, 0.1) is 6.92 Å². The molecule has 0 saturated heterocycles. The third-order valence-corrected chi connectivity index (χ3v) is 5.87. The molecule has 166 valence electrons. The van der Waals surface area contributed by atoms with Crippen molar-refractivity contribution in [2.45, 2.75) is 46.4 Å². The van der Waals surface area contributed by atoms with Gasteiger partial charge in [-0.05, 0) is 37.5 Å². The van der Waals surface area contributed by atoms with Gasteiger partial charge in [-0.25, -0.2) is 14.5 Å². The average Bonchev–Trinajstić information content (AvgIpc) is 3.29. The van der Waals surface area contributed by atoms with Crippen molar-refractivity contribution < 1.29 is 27.8 Å². The molecule has 0 aromatic carbocycles. The molecule has 0 aliphatic carbocycles. The molecule has 0 bridgehead atoms. The van der Waals surface area contributed by atoms with E-state index in [1.165, 1.54) is 24.3 Å². The maximum atomic E-state index is 13.8. The van der Waals surface area contributed by atoms with Crippen molar-refractivity contribution in [1.29, 1.82) is 0 Å². The summed E-state index contributed by atoms with van der Waals surface area (Å²) >= 11 is 1.43. The molecule has 0 atom stereocenters. The number of aliphatic hydroxyl groups is 1. The molecule has 0 fully saturated rings. The normalized spacial score (nSPS) is 11.9. The molecule has 3 rings (SSSR count). The lowest BCUT2D eigenvalue weighted by molar-refractivity contribution is -0.143. The summed E-state index contributed by atoms with van der Waals surface area (Å²) in [4.78, 5) is 18.1. The molecule has 3 aromatic rings. The molecule has 0 saturated carbocycles. The van der Waals surface area contributed by atoms with Crippen LogP contribution in [-0.2, 0) is 17.5 Å². The average molecular weight is 453 g/mol. The largest absolute Gasteiger partial charge is 0.462 e. The molecule has 0 aliphatic rings. The number of rotatable bonds is 6. The Morgan fingerprint density at radius 1 is 1.32 bits per heavy atom. The summed E-state index contributed by atoms with van der Waals surface area (Å²) < 4.78 is 46.7. The molecule has 31 heavy (non-hydrogen) atoms. The second-order valence-corrected chi connectivity index (χ2v) is 8.34. The Bertz CT molecular complexity index is 1100. The quantitative estimate of drug-likeness (QED) is 0.525. The highest BCUT2D eigenvalue weighted by molar-refractivity contribution is 7.15. The van der Waals surface area contributed by atoms with Crippen LogP contribution in [0.3, 0.4) is 0 Å². The Hall–Kier alpha value is -2.72. The van der Waals surface area contributed by atoms with Gasteiger partial charge < -0.3 is 9.84 Å². The summed E-state index contributed by atoms with van der Waals surface area (Å²) in [6.07, 6.45) is -4.02. The minimum atomic E-state index is -4.85. The number of nitrogens with zero attached hydrogens (tertiary/aromatic N) is 3. The first-order valence-electron chi connectivity index (χ1n) is 9.63. The van der Waals surface area contributed by atoms with Crippen LogP contribution in [0.1, 0.15) is 58.7 Å². The molecule has 3 aromatic heterocycles. The van der Waals surface area contributed by atoms with Gasteiger partial charge in [0.25, 0.3) is 0 Å². The number of alkyl halides is 3. The van der Waals surface area contributed by atoms with Crippen LogP contribution < -0.4 is 0 Å². The van der Waals surface area contributed by atoms with Crippen molar-refractivity contribution in [2.75, 3.05) is 6.61 Å². The van der Waals surface area contributed by atoms with E-state index in [2.05, 4.69) is 10.1 Å². The first-order chi connectivity index (χ1) is 14.6. The fraction of sp³-hybridized carbons (Fsp3) is 0.381. The van der Waals surface area contributed by atoms with Crippen LogP contribution in [0.4, 0.5) is 13.2 Å². The van der Waals surface area contributed by atoms with E-state index in [4.69, 9.17) is 4.74 Å². The van der Waals surface area contributed by atoms with Gasteiger partial charge in [0.2, 0.25) is 0 Å². The number of aliphatic hydroxyl groups excluding tert-OH is 1. The lowest BCUT2D eigenvalue weighted by Gasteiger charge is -2.13. The third-order valence-electron chi connectivity index (χ3n) is 4.69. The lowest BCUT2D eigenvalue weighted by Crippen LogP contribution is -2.19. The first-order valence-corrected chi connectivity index (χ1v) is 10.4. The monoisotopic (exact) mass is 453 g/mol. The van der Waals surface area contributed by atoms with Crippen molar-refractivity contribution >= 4 is 17.3 Å². The minimum absolute atomic E-state index is 0.0606. The molecular formula is C21H22F3N3O3S. The fourth-order valence-electron chi connectivity index (χ4n) is 3.54. The molecule has 0 radical (unpaired) electrons. The second-order valence-electron chi connectivity index (χ2n) is 7.11. The summed E-state index contributed by atoms with van der Waals surface area (Å²) in [6, 6.07) is 4.61. The Labute approximate surface area is 181 Å². The maximum Gasteiger partial charge on any atom is 0.434 e. The summed E-state index contributed by atoms with van der Waals surface area (Å²) in [5.74, 6) is -1.03. The van der Waals surface area contributed by atoms with Crippen LogP contribution in [0.5, 0.6) is 0 Å². The van der Waals surface area contributed by atoms with E-state index in [-0.39, 0.29) is 24.9 Å². The van der Waals surface area contributed by atoms with Crippen molar-refractivity contribution in [1.82, 2.24) is 14.8 Å². The predicted molar refractivity (Wildman–Crippen MR) is 110 cm³/mol. The number of aromatic nitrogens is 3. The zero-order valence-corrected chi connectivity index (χ0v) is 18.3. The van der Waals surface area contributed by atoms with Crippen molar-refractivity contribution in [3.8, 4) is 16.4 Å². The SMILES string of the molecule is CCOC(=O)c1cnn(-c2cccc(-c3sc(C)c(C(C)C)c3CO)n2)c1C(F)(F)F. The Morgan fingerprint density at radius 2 is 2.03 bits per heavy atom. The fourth-order valence-corrected chi connectivity index (χ4v) is 4.84. The lowest BCUT2D eigenvalue weighted by atomic mass is 9.97. The molecule has 10 heteroatoms. The second kappa shape index (κ2) is 8.80. The van der Waals surface area contributed by atoms with E-state index in [0.29, 0.717) is 20.8 Å². The van der Waals surface area contributed by atoms with E-state index in [1.807, 2.05) is 20.8 Å². The summed E-state index contributed by atoms with van der Waals surface area (Å²) in [7, 11) is 0. The maximum absolute atomic E-state index is 13.8. The number of carbonyl (C=O) groups is 1.